The second kappa shape index (κ2) is 7.24. The number of urea groups is 1. The van der Waals surface area contributed by atoms with Gasteiger partial charge in [0.05, 0.1) is 24.8 Å². The van der Waals surface area contributed by atoms with Crippen LogP contribution in [0.5, 0.6) is 0 Å². The second-order valence-electron chi connectivity index (χ2n) is 4.59. The van der Waals surface area contributed by atoms with E-state index in [1.807, 2.05) is 12.1 Å². The lowest BCUT2D eigenvalue weighted by molar-refractivity contribution is -0.141. The Labute approximate surface area is 138 Å². The van der Waals surface area contributed by atoms with Crippen molar-refractivity contribution in [2.75, 3.05) is 25.0 Å². The van der Waals surface area contributed by atoms with Crippen molar-refractivity contribution in [3.05, 3.63) is 27.1 Å². The van der Waals surface area contributed by atoms with E-state index >= 15 is 0 Å². The van der Waals surface area contributed by atoms with E-state index in [1.165, 1.54) is 0 Å². The van der Waals surface area contributed by atoms with Crippen molar-refractivity contribution in [3.8, 4) is 0 Å². The van der Waals surface area contributed by atoms with Gasteiger partial charge in [-0.3, -0.25) is 4.79 Å². The Morgan fingerprint density at radius 1 is 1.43 bits per heavy atom. The normalized spacial score (nSPS) is 18.4. The number of hydrogen-bond donors (Lipinski definition) is 2. The lowest BCUT2D eigenvalue weighted by atomic mass is 10.2. The Kier molecular flexibility index (Phi) is 5.60. The molecule has 1 heterocycles. The quantitative estimate of drug-likeness (QED) is 0.786. The van der Waals surface area contributed by atoms with E-state index < -0.39 is 12.1 Å². The maximum Gasteiger partial charge on any atom is 0.322 e. The molecule has 1 saturated heterocycles. The smallest absolute Gasteiger partial charge is 0.322 e. The number of rotatable bonds is 3. The molecule has 114 valence electrons. The predicted molar refractivity (Wildman–Crippen MR) is 84.4 cm³/mol. The van der Waals surface area contributed by atoms with Gasteiger partial charge in [-0.1, -0.05) is 15.9 Å². The van der Waals surface area contributed by atoms with Crippen molar-refractivity contribution >= 4 is 49.5 Å². The first-order valence-corrected chi connectivity index (χ1v) is 7.88. The highest BCUT2D eigenvalue weighted by Crippen LogP contribution is 2.26. The molecule has 21 heavy (non-hydrogen) atoms. The van der Waals surface area contributed by atoms with E-state index in [4.69, 9.17) is 9.84 Å². The molecule has 1 fully saturated rings. The van der Waals surface area contributed by atoms with Crippen LogP contribution in [0.4, 0.5) is 10.5 Å². The molecular formula is C13H14Br2N2O4. The lowest BCUT2D eigenvalue weighted by Gasteiger charge is -2.32. The molecule has 2 amide bonds. The monoisotopic (exact) mass is 420 g/mol. The van der Waals surface area contributed by atoms with Crippen LogP contribution in [0.25, 0.3) is 0 Å². The summed E-state index contributed by atoms with van der Waals surface area (Å²) in [5, 5.41) is 11.6. The molecule has 0 radical (unpaired) electrons. The van der Waals surface area contributed by atoms with Gasteiger partial charge >= 0.3 is 12.0 Å². The number of amides is 2. The van der Waals surface area contributed by atoms with Crippen molar-refractivity contribution in [1.82, 2.24) is 4.90 Å². The summed E-state index contributed by atoms with van der Waals surface area (Å²) in [6.07, 6.45) is -0.568. The second-order valence-corrected chi connectivity index (χ2v) is 6.36. The summed E-state index contributed by atoms with van der Waals surface area (Å²) in [5.41, 5.74) is 0.657. The minimum atomic E-state index is -0.932. The van der Waals surface area contributed by atoms with Gasteiger partial charge in [-0.2, -0.15) is 0 Å². The number of halogens is 2. The van der Waals surface area contributed by atoms with Crippen LogP contribution in [0, 0.1) is 0 Å². The first-order valence-electron chi connectivity index (χ1n) is 6.30. The molecular weight excluding hydrogens is 408 g/mol. The van der Waals surface area contributed by atoms with Gasteiger partial charge in [-0.05, 0) is 34.1 Å². The number of ether oxygens (including phenoxy) is 1. The summed E-state index contributed by atoms with van der Waals surface area (Å²) in [6.45, 7) is 1.05. The van der Waals surface area contributed by atoms with Gasteiger partial charge in [0.2, 0.25) is 0 Å². The third kappa shape index (κ3) is 4.69. The standard InChI is InChI=1S/C13H14Br2N2O4/c14-8-1-2-11(10(15)5-8)16-13(20)17-3-4-21-9(7-17)6-12(18)19/h1-2,5,9H,3-4,6-7H2,(H,16,20)(H,18,19). The summed E-state index contributed by atoms with van der Waals surface area (Å²) in [6, 6.07) is 5.17. The zero-order valence-electron chi connectivity index (χ0n) is 11.0. The molecule has 1 aliphatic heterocycles. The highest BCUT2D eigenvalue weighted by Gasteiger charge is 2.26. The molecule has 1 aromatic rings. The largest absolute Gasteiger partial charge is 0.481 e. The van der Waals surface area contributed by atoms with Gasteiger partial charge < -0.3 is 20.1 Å². The highest BCUT2D eigenvalue weighted by molar-refractivity contribution is 9.11. The van der Waals surface area contributed by atoms with Crippen LogP contribution in [-0.2, 0) is 9.53 Å². The third-order valence-corrected chi connectivity index (χ3v) is 4.15. The number of carbonyl (C=O) groups excluding carboxylic acids is 1. The van der Waals surface area contributed by atoms with Crippen LogP contribution in [0.1, 0.15) is 6.42 Å². The molecule has 2 rings (SSSR count). The summed E-state index contributed by atoms with van der Waals surface area (Å²) in [4.78, 5) is 24.5. The van der Waals surface area contributed by atoms with Crippen molar-refractivity contribution in [3.63, 3.8) is 0 Å². The fraction of sp³-hybridized carbons (Fsp3) is 0.385. The zero-order valence-corrected chi connectivity index (χ0v) is 14.2. The number of morpholine rings is 1. The fourth-order valence-electron chi connectivity index (χ4n) is 2.01. The minimum Gasteiger partial charge on any atom is -0.481 e. The lowest BCUT2D eigenvalue weighted by Crippen LogP contribution is -2.47. The first-order chi connectivity index (χ1) is 9.95. The van der Waals surface area contributed by atoms with Crippen molar-refractivity contribution in [1.29, 1.82) is 0 Å². The van der Waals surface area contributed by atoms with E-state index in [0.717, 1.165) is 8.95 Å². The van der Waals surface area contributed by atoms with Crippen LogP contribution in [0.15, 0.2) is 27.1 Å². The molecule has 8 heteroatoms. The third-order valence-electron chi connectivity index (χ3n) is 3.00. The first kappa shape index (κ1) is 16.3. The Morgan fingerprint density at radius 3 is 2.86 bits per heavy atom. The molecule has 6 nitrogen and oxygen atoms in total. The van der Waals surface area contributed by atoms with Gasteiger partial charge in [-0.15, -0.1) is 0 Å². The molecule has 0 aliphatic carbocycles. The topological polar surface area (TPSA) is 78.9 Å². The Balaban J connectivity index is 1.97. The number of aliphatic carboxylic acids is 1. The van der Waals surface area contributed by atoms with E-state index in [2.05, 4.69) is 37.2 Å². The highest BCUT2D eigenvalue weighted by atomic mass is 79.9. The predicted octanol–water partition coefficient (Wildman–Crippen LogP) is 2.92. The van der Waals surface area contributed by atoms with E-state index in [-0.39, 0.29) is 19.0 Å². The maximum absolute atomic E-state index is 12.2. The van der Waals surface area contributed by atoms with E-state index in [9.17, 15) is 9.59 Å². The molecule has 0 bridgehead atoms. The number of nitrogens with zero attached hydrogens (tertiary/aromatic N) is 1. The number of anilines is 1. The SMILES string of the molecule is O=C(O)CC1CN(C(=O)Nc2ccc(Br)cc2Br)CCO1. The number of hydrogen-bond acceptors (Lipinski definition) is 3. The van der Waals surface area contributed by atoms with Crippen LogP contribution in [-0.4, -0.2) is 47.8 Å². The average molecular weight is 422 g/mol. The van der Waals surface area contributed by atoms with Crippen LogP contribution >= 0.6 is 31.9 Å². The average Bonchev–Trinajstić information content (AvgIpc) is 2.41. The Morgan fingerprint density at radius 2 is 2.19 bits per heavy atom. The van der Waals surface area contributed by atoms with Crippen LogP contribution < -0.4 is 5.32 Å². The summed E-state index contributed by atoms with van der Waals surface area (Å²) >= 11 is 6.72. The molecule has 1 unspecified atom stereocenters. The van der Waals surface area contributed by atoms with Crippen LogP contribution in [0.3, 0.4) is 0 Å². The summed E-state index contributed by atoms with van der Waals surface area (Å²) < 4.78 is 7.01. The van der Waals surface area contributed by atoms with Crippen molar-refractivity contribution in [2.24, 2.45) is 0 Å². The molecule has 2 N–H and O–H groups in total. The van der Waals surface area contributed by atoms with Crippen molar-refractivity contribution < 1.29 is 19.4 Å². The van der Waals surface area contributed by atoms with Crippen molar-refractivity contribution in [2.45, 2.75) is 12.5 Å². The van der Waals surface area contributed by atoms with Crippen LogP contribution in [0.2, 0.25) is 0 Å². The van der Waals surface area contributed by atoms with E-state index in [0.29, 0.717) is 18.8 Å². The molecule has 1 aliphatic rings. The number of nitrogens with one attached hydrogen (secondary N) is 1. The number of carboxylic acid groups (broad SMARTS) is 1. The van der Waals surface area contributed by atoms with Gasteiger partial charge in [-0.25, -0.2) is 4.79 Å². The number of benzene rings is 1. The zero-order chi connectivity index (χ0) is 15.4. The Hall–Kier alpha value is -1.12. The molecule has 1 aromatic carbocycles. The minimum absolute atomic E-state index is 0.105. The van der Waals surface area contributed by atoms with Gasteiger partial charge in [0.15, 0.2) is 0 Å². The van der Waals surface area contributed by atoms with Gasteiger partial charge in [0.25, 0.3) is 0 Å². The number of carbonyl (C=O) groups is 2. The fourth-order valence-corrected chi connectivity index (χ4v) is 3.15. The molecule has 0 aromatic heterocycles. The maximum atomic E-state index is 12.2. The molecule has 0 saturated carbocycles. The molecule has 0 spiro atoms. The van der Waals surface area contributed by atoms with Gasteiger partial charge in [0.1, 0.15) is 0 Å². The van der Waals surface area contributed by atoms with Gasteiger partial charge in [0, 0.05) is 22.0 Å². The number of carboxylic acids is 1. The summed E-state index contributed by atoms with van der Waals surface area (Å²) in [7, 11) is 0. The molecule has 1 atom stereocenters. The van der Waals surface area contributed by atoms with E-state index in [1.54, 1.807) is 11.0 Å². The Bertz CT molecular complexity index is 553. The summed E-state index contributed by atoms with van der Waals surface area (Å²) in [5.74, 6) is -0.932.